The number of likely N-dealkylation sites (N-methyl/N-ethyl adjacent to an activating group) is 1. The van der Waals surface area contributed by atoms with Gasteiger partial charge in [0.25, 0.3) is 0 Å². The highest BCUT2D eigenvalue weighted by Crippen LogP contribution is 2.49. The molecule has 4 rings (SSSR count). The molecule has 2 aliphatic rings. The van der Waals surface area contributed by atoms with Crippen LogP contribution in [-0.2, 0) is 20.9 Å². The maximum Gasteiger partial charge on any atom is 0.490 e. The molecule has 2 aromatic rings. The molecule has 10 nitrogen and oxygen atoms in total. The molecule has 2 atom stereocenters. The molecule has 0 radical (unpaired) electrons. The summed E-state index contributed by atoms with van der Waals surface area (Å²) in [6.45, 7) is 7.50. The predicted octanol–water partition coefficient (Wildman–Crippen LogP) is 3.57. The first kappa shape index (κ1) is 32.5. The molecule has 2 saturated heterocycles. The Hall–Kier alpha value is -3.69. The Bertz CT molecular complexity index is 1150. The molecule has 0 aromatic carbocycles. The number of carboxylic acids is 2. The van der Waals surface area contributed by atoms with E-state index in [1.54, 1.807) is 12.4 Å². The van der Waals surface area contributed by atoms with Gasteiger partial charge in [-0.25, -0.2) is 14.6 Å². The van der Waals surface area contributed by atoms with Gasteiger partial charge in [0.05, 0.1) is 17.4 Å². The van der Waals surface area contributed by atoms with Gasteiger partial charge in [-0.2, -0.15) is 26.3 Å². The molecule has 0 aliphatic carbocycles. The number of likely N-dealkylation sites (tertiary alicyclic amines) is 2. The van der Waals surface area contributed by atoms with E-state index in [4.69, 9.17) is 19.8 Å². The van der Waals surface area contributed by atoms with Gasteiger partial charge in [-0.05, 0) is 45.0 Å². The van der Waals surface area contributed by atoms with Crippen molar-refractivity contribution in [3.8, 4) is 0 Å². The van der Waals surface area contributed by atoms with Crippen LogP contribution < -0.4 is 0 Å². The average molecular weight is 582 g/mol. The number of carbonyl (C=O) groups is 3. The van der Waals surface area contributed by atoms with Crippen molar-refractivity contribution in [2.45, 2.75) is 51.1 Å². The quantitative estimate of drug-likeness (QED) is 0.525. The van der Waals surface area contributed by atoms with E-state index in [1.165, 1.54) is 0 Å². The van der Waals surface area contributed by atoms with E-state index >= 15 is 0 Å². The third-order valence-electron chi connectivity index (χ3n) is 6.44. The number of amides is 1. The lowest BCUT2D eigenvalue weighted by atomic mass is 9.75. The first-order valence-electron chi connectivity index (χ1n) is 11.9. The van der Waals surface area contributed by atoms with Gasteiger partial charge < -0.3 is 24.6 Å². The van der Waals surface area contributed by atoms with E-state index in [-0.39, 0.29) is 17.2 Å². The van der Waals surface area contributed by atoms with Crippen LogP contribution in [0.5, 0.6) is 0 Å². The lowest BCUT2D eigenvalue weighted by Gasteiger charge is -2.28. The Balaban J connectivity index is 0.000000333. The normalized spacial score (nSPS) is 21.2. The Morgan fingerprint density at radius 2 is 1.60 bits per heavy atom. The molecule has 222 valence electrons. The molecule has 2 aliphatic heterocycles. The number of carboxylic acid groups (broad SMARTS) is 2. The zero-order valence-corrected chi connectivity index (χ0v) is 21.8. The van der Waals surface area contributed by atoms with Gasteiger partial charge in [-0.1, -0.05) is 0 Å². The summed E-state index contributed by atoms with van der Waals surface area (Å²) in [5.41, 5.74) is 1.86. The Morgan fingerprint density at radius 1 is 1.07 bits per heavy atom. The van der Waals surface area contributed by atoms with E-state index in [1.807, 2.05) is 23.4 Å². The van der Waals surface area contributed by atoms with Gasteiger partial charge in [-0.15, -0.1) is 0 Å². The molecule has 40 heavy (non-hydrogen) atoms. The van der Waals surface area contributed by atoms with Gasteiger partial charge in [0.15, 0.2) is 0 Å². The maximum atomic E-state index is 13.5. The summed E-state index contributed by atoms with van der Waals surface area (Å²) in [6, 6.07) is 4.36. The van der Waals surface area contributed by atoms with Crippen molar-refractivity contribution in [3.63, 3.8) is 0 Å². The van der Waals surface area contributed by atoms with Crippen molar-refractivity contribution in [1.82, 2.24) is 24.3 Å². The number of rotatable bonds is 4. The minimum Gasteiger partial charge on any atom is -0.475 e. The molecular formula is C24H29F6N5O5. The van der Waals surface area contributed by atoms with Gasteiger partial charge in [-0.3, -0.25) is 9.78 Å². The lowest BCUT2D eigenvalue weighted by molar-refractivity contribution is -0.193. The first-order valence-corrected chi connectivity index (χ1v) is 11.9. The fourth-order valence-electron chi connectivity index (χ4n) is 4.52. The lowest BCUT2D eigenvalue weighted by Crippen LogP contribution is -2.39. The van der Waals surface area contributed by atoms with Crippen LogP contribution in [0, 0.1) is 5.41 Å². The number of aliphatic carboxylic acids is 2. The summed E-state index contributed by atoms with van der Waals surface area (Å²) in [6.07, 6.45) is -1.65. The minimum absolute atomic E-state index is 0.169. The van der Waals surface area contributed by atoms with E-state index in [9.17, 15) is 31.1 Å². The molecule has 2 fully saturated rings. The monoisotopic (exact) mass is 581 g/mol. The molecule has 2 unspecified atom stereocenters. The van der Waals surface area contributed by atoms with E-state index < -0.39 is 24.3 Å². The van der Waals surface area contributed by atoms with Crippen LogP contribution in [0.3, 0.4) is 0 Å². The van der Waals surface area contributed by atoms with Crippen LogP contribution in [0.4, 0.5) is 26.3 Å². The molecule has 2 N–H and O–H groups in total. The minimum atomic E-state index is -5.08. The van der Waals surface area contributed by atoms with Crippen LogP contribution in [0.25, 0.3) is 0 Å². The highest BCUT2D eigenvalue weighted by Gasteiger charge is 2.57. The number of hydrogen-bond donors (Lipinski definition) is 2. The molecule has 1 spiro atoms. The van der Waals surface area contributed by atoms with Crippen molar-refractivity contribution >= 4 is 17.8 Å². The number of alkyl halides is 6. The van der Waals surface area contributed by atoms with Crippen molar-refractivity contribution in [1.29, 1.82) is 0 Å². The molecule has 16 heteroatoms. The summed E-state index contributed by atoms with van der Waals surface area (Å²) in [5.74, 6) is -5.06. The highest BCUT2D eigenvalue weighted by molar-refractivity contribution is 5.86. The summed E-state index contributed by atoms with van der Waals surface area (Å²) in [4.78, 5) is 44.3. The second kappa shape index (κ2) is 12.7. The molecule has 4 heterocycles. The Morgan fingerprint density at radius 3 is 2.05 bits per heavy atom. The van der Waals surface area contributed by atoms with Crippen molar-refractivity contribution in [2.75, 3.05) is 26.7 Å². The third kappa shape index (κ3) is 8.16. The number of imidazole rings is 1. The average Bonchev–Trinajstić information content (AvgIpc) is 3.54. The number of nitrogens with zero attached hydrogens (tertiary/aromatic N) is 5. The maximum absolute atomic E-state index is 13.5. The number of pyridine rings is 1. The van der Waals surface area contributed by atoms with E-state index in [2.05, 4.69) is 46.5 Å². The molecule has 0 bridgehead atoms. The fraction of sp³-hybridized carbons (Fsp3) is 0.542. The largest absolute Gasteiger partial charge is 0.490 e. The van der Waals surface area contributed by atoms with Crippen LogP contribution >= 0.6 is 0 Å². The summed E-state index contributed by atoms with van der Waals surface area (Å²) >= 11 is 0. The third-order valence-corrected chi connectivity index (χ3v) is 6.44. The van der Waals surface area contributed by atoms with Gasteiger partial charge >= 0.3 is 24.3 Å². The van der Waals surface area contributed by atoms with Gasteiger partial charge in [0.1, 0.15) is 0 Å². The second-order valence-corrected chi connectivity index (χ2v) is 9.68. The number of carbonyl (C=O) groups excluding carboxylic acids is 1. The number of halogens is 6. The van der Waals surface area contributed by atoms with Crippen molar-refractivity contribution in [2.24, 2.45) is 5.41 Å². The molecular weight excluding hydrogens is 552 g/mol. The SMILES string of the molecule is CC(C)n1cnc(C2CN(C)CC23CCN(Cc2ccncc2)C3=O)c1.O=C(O)C(F)(F)F.O=C(O)C(F)(F)F. The smallest absolute Gasteiger partial charge is 0.475 e. The number of hydrogen-bond acceptors (Lipinski definition) is 6. The van der Waals surface area contributed by atoms with E-state index in [0.29, 0.717) is 12.6 Å². The zero-order chi connectivity index (χ0) is 30.5. The predicted molar refractivity (Wildman–Crippen MR) is 127 cm³/mol. The van der Waals surface area contributed by atoms with Crippen molar-refractivity contribution in [3.05, 3.63) is 48.3 Å². The fourth-order valence-corrected chi connectivity index (χ4v) is 4.52. The van der Waals surface area contributed by atoms with Crippen LogP contribution in [0.2, 0.25) is 0 Å². The van der Waals surface area contributed by atoms with Crippen LogP contribution in [0.1, 0.15) is 43.5 Å². The summed E-state index contributed by atoms with van der Waals surface area (Å²) in [5, 5.41) is 14.2. The van der Waals surface area contributed by atoms with Crippen LogP contribution in [0.15, 0.2) is 37.1 Å². The Kier molecular flexibility index (Phi) is 10.3. The van der Waals surface area contributed by atoms with Crippen LogP contribution in [-0.4, -0.2) is 91.4 Å². The second-order valence-electron chi connectivity index (χ2n) is 9.68. The van der Waals surface area contributed by atoms with Gasteiger partial charge in [0.2, 0.25) is 5.91 Å². The standard InChI is InChI=1S/C20H27N5O.2C2HF3O2/c1-15(2)25-12-18(22-14-25)17-11-23(3)13-20(17)6-9-24(19(20)26)10-16-4-7-21-8-5-16;2*3-2(4,5)1(6)7/h4-5,7-8,12,14-15,17H,6,9-11,13H2,1-3H3;2*(H,6,7). The summed E-state index contributed by atoms with van der Waals surface area (Å²) < 4.78 is 65.6. The molecule has 2 aromatic heterocycles. The Labute approximate surface area is 225 Å². The van der Waals surface area contributed by atoms with Crippen molar-refractivity contribution < 1.29 is 50.9 Å². The first-order chi connectivity index (χ1) is 18.4. The topological polar surface area (TPSA) is 129 Å². The van der Waals surface area contributed by atoms with E-state index in [0.717, 1.165) is 37.3 Å². The zero-order valence-electron chi connectivity index (χ0n) is 21.8. The summed E-state index contributed by atoms with van der Waals surface area (Å²) in [7, 11) is 2.11. The van der Waals surface area contributed by atoms with Gasteiger partial charge in [0, 0.05) is 56.7 Å². The number of aromatic nitrogens is 3. The molecule has 1 amide bonds. The molecule has 0 saturated carbocycles. The highest BCUT2D eigenvalue weighted by atomic mass is 19.4.